The van der Waals surface area contributed by atoms with Crippen molar-refractivity contribution in [2.45, 2.75) is 5.50 Å². The van der Waals surface area contributed by atoms with Gasteiger partial charge in [0.2, 0.25) is 0 Å². The van der Waals surface area contributed by atoms with Gasteiger partial charge in [0.1, 0.15) is 11.3 Å². The molecule has 1 N–H and O–H groups in total. The smallest absolute Gasteiger partial charge is 0.141 e. The Hall–Kier alpha value is -0.310. The SMILES string of the molecule is CNC(Cl)c1ccc(F)c(Cl)c1. The van der Waals surface area contributed by atoms with Crippen LogP contribution in [0.3, 0.4) is 0 Å². The van der Waals surface area contributed by atoms with Crippen LogP contribution in [-0.2, 0) is 0 Å². The van der Waals surface area contributed by atoms with Crippen LogP contribution in [0.1, 0.15) is 11.1 Å². The van der Waals surface area contributed by atoms with E-state index in [1.54, 1.807) is 13.1 Å². The summed E-state index contributed by atoms with van der Waals surface area (Å²) in [6.07, 6.45) is 0. The topological polar surface area (TPSA) is 12.0 Å². The molecule has 0 aliphatic carbocycles. The Morgan fingerprint density at radius 1 is 1.50 bits per heavy atom. The number of hydrogen-bond donors (Lipinski definition) is 1. The van der Waals surface area contributed by atoms with E-state index in [1.165, 1.54) is 12.1 Å². The second-order valence-electron chi connectivity index (χ2n) is 2.32. The fourth-order valence-electron chi connectivity index (χ4n) is 0.837. The average Bonchev–Trinajstić information content (AvgIpc) is 2.08. The molecule has 1 rings (SSSR count). The van der Waals surface area contributed by atoms with Gasteiger partial charge in [-0.3, -0.25) is 0 Å². The van der Waals surface area contributed by atoms with Gasteiger partial charge in [-0.25, -0.2) is 4.39 Å². The molecule has 0 saturated heterocycles. The predicted octanol–water partition coefficient (Wildman–Crippen LogP) is 2.94. The summed E-state index contributed by atoms with van der Waals surface area (Å²) in [6.45, 7) is 0. The van der Waals surface area contributed by atoms with Gasteiger partial charge in [0.15, 0.2) is 0 Å². The molecule has 0 amide bonds. The third kappa shape index (κ3) is 2.09. The zero-order valence-electron chi connectivity index (χ0n) is 6.44. The first-order valence-corrected chi connectivity index (χ1v) is 4.23. The number of benzene rings is 1. The molecule has 12 heavy (non-hydrogen) atoms. The molecule has 0 aliphatic rings. The van der Waals surface area contributed by atoms with Gasteiger partial charge >= 0.3 is 0 Å². The molecule has 0 heterocycles. The van der Waals surface area contributed by atoms with E-state index in [2.05, 4.69) is 5.32 Å². The van der Waals surface area contributed by atoms with E-state index >= 15 is 0 Å². The molecular formula is C8H8Cl2FN. The van der Waals surface area contributed by atoms with Crippen LogP contribution in [0.4, 0.5) is 4.39 Å². The van der Waals surface area contributed by atoms with E-state index in [4.69, 9.17) is 23.2 Å². The highest BCUT2D eigenvalue weighted by Gasteiger charge is 2.06. The Morgan fingerprint density at radius 3 is 2.67 bits per heavy atom. The summed E-state index contributed by atoms with van der Waals surface area (Å²) in [4.78, 5) is 0. The lowest BCUT2D eigenvalue weighted by molar-refractivity contribution is 0.626. The maximum absolute atomic E-state index is 12.7. The molecule has 1 atom stereocenters. The maximum Gasteiger partial charge on any atom is 0.141 e. The van der Waals surface area contributed by atoms with Crippen molar-refractivity contribution in [1.82, 2.24) is 5.32 Å². The van der Waals surface area contributed by atoms with Gasteiger partial charge in [0.05, 0.1) is 5.02 Å². The van der Waals surface area contributed by atoms with Gasteiger partial charge in [-0.05, 0) is 24.7 Å². The fraction of sp³-hybridized carbons (Fsp3) is 0.250. The van der Waals surface area contributed by atoms with Crippen LogP contribution in [0.15, 0.2) is 18.2 Å². The van der Waals surface area contributed by atoms with E-state index in [0.717, 1.165) is 5.56 Å². The molecule has 4 heteroatoms. The quantitative estimate of drug-likeness (QED) is 0.581. The molecule has 1 aromatic carbocycles. The van der Waals surface area contributed by atoms with Crippen molar-refractivity contribution in [3.63, 3.8) is 0 Å². The molecule has 1 aromatic rings. The molecule has 1 unspecified atom stereocenters. The van der Waals surface area contributed by atoms with Crippen LogP contribution < -0.4 is 5.32 Å². The second kappa shape index (κ2) is 4.08. The van der Waals surface area contributed by atoms with Crippen molar-refractivity contribution in [3.8, 4) is 0 Å². The normalized spacial score (nSPS) is 13.0. The van der Waals surface area contributed by atoms with Gasteiger partial charge in [-0.1, -0.05) is 17.7 Å². The second-order valence-corrected chi connectivity index (χ2v) is 3.17. The number of halogens is 3. The van der Waals surface area contributed by atoms with E-state index in [-0.39, 0.29) is 10.5 Å². The summed E-state index contributed by atoms with van der Waals surface area (Å²) in [5.41, 5.74) is 0.425. The average molecular weight is 208 g/mol. The Labute approximate surface area is 80.5 Å². The van der Waals surface area contributed by atoms with Crippen LogP contribution in [0.5, 0.6) is 0 Å². The third-order valence-corrected chi connectivity index (χ3v) is 2.25. The molecule has 0 radical (unpaired) electrons. The fourth-order valence-corrected chi connectivity index (χ4v) is 1.16. The van der Waals surface area contributed by atoms with Gasteiger partial charge in [0, 0.05) is 0 Å². The standard InChI is InChI=1S/C8H8Cl2FN/c1-12-8(10)5-2-3-7(11)6(9)4-5/h2-4,8,12H,1H3. The number of alkyl halides is 1. The zero-order valence-corrected chi connectivity index (χ0v) is 7.96. The first-order chi connectivity index (χ1) is 5.65. The van der Waals surface area contributed by atoms with Crippen molar-refractivity contribution in [1.29, 1.82) is 0 Å². The maximum atomic E-state index is 12.7. The molecule has 0 saturated carbocycles. The molecule has 0 aromatic heterocycles. The molecule has 0 aliphatic heterocycles. The molecule has 1 nitrogen and oxygen atoms in total. The van der Waals surface area contributed by atoms with Gasteiger partial charge in [0.25, 0.3) is 0 Å². The summed E-state index contributed by atoms with van der Waals surface area (Å²) in [5, 5.41) is 2.90. The first kappa shape index (κ1) is 9.78. The summed E-state index contributed by atoms with van der Waals surface area (Å²) in [7, 11) is 1.72. The Kier molecular flexibility index (Phi) is 3.32. The van der Waals surface area contributed by atoms with Crippen molar-refractivity contribution in [2.24, 2.45) is 0 Å². The largest absolute Gasteiger partial charge is 0.301 e. The summed E-state index contributed by atoms with van der Waals surface area (Å²) in [5.74, 6) is -0.430. The number of hydrogen-bond acceptors (Lipinski definition) is 1. The molecule has 0 bridgehead atoms. The van der Waals surface area contributed by atoms with E-state index < -0.39 is 5.82 Å². The third-order valence-electron chi connectivity index (χ3n) is 1.49. The number of nitrogens with one attached hydrogen (secondary N) is 1. The van der Waals surface area contributed by atoms with Crippen molar-refractivity contribution in [2.75, 3.05) is 7.05 Å². The van der Waals surface area contributed by atoms with Gasteiger partial charge < -0.3 is 5.32 Å². The van der Waals surface area contributed by atoms with Crippen molar-refractivity contribution >= 4 is 23.2 Å². The lowest BCUT2D eigenvalue weighted by Gasteiger charge is -2.08. The van der Waals surface area contributed by atoms with Crippen molar-refractivity contribution in [3.05, 3.63) is 34.6 Å². The minimum atomic E-state index is -0.430. The lowest BCUT2D eigenvalue weighted by atomic mass is 10.2. The highest BCUT2D eigenvalue weighted by molar-refractivity contribution is 6.31. The summed E-state index contributed by atoms with van der Waals surface area (Å²) >= 11 is 11.4. The Morgan fingerprint density at radius 2 is 2.17 bits per heavy atom. The minimum absolute atomic E-state index is 0.0911. The molecule has 66 valence electrons. The van der Waals surface area contributed by atoms with Crippen LogP contribution in [-0.4, -0.2) is 7.05 Å². The van der Waals surface area contributed by atoms with E-state index in [9.17, 15) is 4.39 Å². The lowest BCUT2D eigenvalue weighted by Crippen LogP contribution is -2.09. The van der Waals surface area contributed by atoms with Crippen LogP contribution >= 0.6 is 23.2 Å². The van der Waals surface area contributed by atoms with Gasteiger partial charge in [-0.15, -0.1) is 11.6 Å². The van der Waals surface area contributed by atoms with Crippen LogP contribution in [0.25, 0.3) is 0 Å². The van der Waals surface area contributed by atoms with E-state index in [1.807, 2.05) is 0 Å². The Bertz CT molecular complexity index is 278. The molecule has 0 spiro atoms. The van der Waals surface area contributed by atoms with Crippen LogP contribution in [0.2, 0.25) is 5.02 Å². The molecular weight excluding hydrogens is 200 g/mol. The first-order valence-electron chi connectivity index (χ1n) is 3.41. The van der Waals surface area contributed by atoms with Crippen molar-refractivity contribution < 1.29 is 4.39 Å². The summed E-state index contributed by atoms with van der Waals surface area (Å²) < 4.78 is 12.7. The Balaban J connectivity index is 2.96. The highest BCUT2D eigenvalue weighted by Crippen LogP contribution is 2.22. The van der Waals surface area contributed by atoms with Crippen LogP contribution in [0, 0.1) is 5.82 Å². The highest BCUT2D eigenvalue weighted by atomic mass is 35.5. The number of rotatable bonds is 2. The monoisotopic (exact) mass is 207 g/mol. The van der Waals surface area contributed by atoms with Gasteiger partial charge in [-0.2, -0.15) is 0 Å². The predicted molar refractivity (Wildman–Crippen MR) is 49.1 cm³/mol. The summed E-state index contributed by atoms with van der Waals surface area (Å²) in [6, 6.07) is 4.39. The molecule has 0 fully saturated rings. The zero-order chi connectivity index (χ0) is 9.14. The van der Waals surface area contributed by atoms with E-state index in [0.29, 0.717) is 0 Å². The minimum Gasteiger partial charge on any atom is -0.301 e.